The summed E-state index contributed by atoms with van der Waals surface area (Å²) in [5.74, 6) is 0.406. The van der Waals surface area contributed by atoms with Crippen molar-refractivity contribution in [2.45, 2.75) is 58.7 Å². The zero-order valence-corrected chi connectivity index (χ0v) is 18.6. The number of pyridine rings is 1. The molecular weight excluding hydrogens is 392 g/mol. The number of aromatic nitrogens is 3. The molecule has 0 radical (unpaired) electrons. The van der Waals surface area contributed by atoms with Crippen molar-refractivity contribution in [3.8, 4) is 11.1 Å². The van der Waals surface area contributed by atoms with Crippen molar-refractivity contribution >= 4 is 22.5 Å². The molecule has 0 spiro atoms. The first kappa shape index (κ1) is 21.2. The quantitative estimate of drug-likeness (QED) is 0.661. The SMILES string of the molecule is Cc1nc2cc(-c3cncc(NC(=O)C4CC(C)(C)OC(C)(C)C4)c3)ccc2c(=O)[nH]1. The van der Waals surface area contributed by atoms with E-state index in [1.807, 2.05) is 45.9 Å². The number of amides is 1. The molecule has 7 nitrogen and oxygen atoms in total. The molecule has 1 aliphatic rings. The number of aryl methyl sites for hydroxylation is 1. The van der Waals surface area contributed by atoms with Gasteiger partial charge in [-0.3, -0.25) is 14.6 Å². The van der Waals surface area contributed by atoms with E-state index in [0.717, 1.165) is 11.1 Å². The van der Waals surface area contributed by atoms with Crippen molar-refractivity contribution in [2.75, 3.05) is 5.32 Å². The fourth-order valence-corrected chi connectivity index (χ4v) is 4.62. The number of carbonyl (C=O) groups is 1. The average Bonchev–Trinajstić information content (AvgIpc) is 2.65. The Morgan fingerprint density at radius 3 is 2.52 bits per heavy atom. The van der Waals surface area contributed by atoms with Crippen LogP contribution in [-0.4, -0.2) is 32.1 Å². The van der Waals surface area contributed by atoms with Gasteiger partial charge in [-0.1, -0.05) is 6.07 Å². The van der Waals surface area contributed by atoms with Gasteiger partial charge in [-0.2, -0.15) is 0 Å². The van der Waals surface area contributed by atoms with Gasteiger partial charge in [0.15, 0.2) is 0 Å². The van der Waals surface area contributed by atoms with Gasteiger partial charge < -0.3 is 15.0 Å². The summed E-state index contributed by atoms with van der Waals surface area (Å²) in [5.41, 5.74) is 2.12. The molecule has 3 aromatic rings. The monoisotopic (exact) mass is 420 g/mol. The molecule has 4 rings (SSSR count). The minimum atomic E-state index is -0.349. The van der Waals surface area contributed by atoms with Gasteiger partial charge in [0.05, 0.1) is 34.0 Å². The van der Waals surface area contributed by atoms with Crippen LogP contribution >= 0.6 is 0 Å². The second-order valence-corrected chi connectivity index (χ2v) is 9.56. The Hall–Kier alpha value is -3.06. The maximum absolute atomic E-state index is 13.0. The van der Waals surface area contributed by atoms with Gasteiger partial charge in [-0.15, -0.1) is 0 Å². The number of H-pyrrole nitrogens is 1. The van der Waals surface area contributed by atoms with Crippen LogP contribution in [0.25, 0.3) is 22.0 Å². The lowest BCUT2D eigenvalue weighted by molar-refractivity contribution is -0.176. The lowest BCUT2D eigenvalue weighted by Crippen LogP contribution is -2.48. The van der Waals surface area contributed by atoms with Crippen LogP contribution in [0.3, 0.4) is 0 Å². The number of carbonyl (C=O) groups excluding carboxylic acids is 1. The molecular formula is C24H28N4O3. The molecule has 1 saturated heterocycles. The Morgan fingerprint density at radius 1 is 1.10 bits per heavy atom. The minimum absolute atomic E-state index is 0.0225. The lowest BCUT2D eigenvalue weighted by atomic mass is 9.80. The molecule has 3 heterocycles. The van der Waals surface area contributed by atoms with Gasteiger partial charge in [0.2, 0.25) is 5.91 Å². The van der Waals surface area contributed by atoms with Crippen LogP contribution in [0.2, 0.25) is 0 Å². The maximum atomic E-state index is 13.0. The van der Waals surface area contributed by atoms with Crippen LogP contribution < -0.4 is 10.9 Å². The van der Waals surface area contributed by atoms with Crippen molar-refractivity contribution < 1.29 is 9.53 Å². The molecule has 31 heavy (non-hydrogen) atoms. The lowest BCUT2D eigenvalue weighted by Gasteiger charge is -2.44. The number of anilines is 1. The number of rotatable bonds is 3. The third-order valence-electron chi connectivity index (χ3n) is 5.56. The van der Waals surface area contributed by atoms with Crippen LogP contribution in [0.15, 0.2) is 41.5 Å². The van der Waals surface area contributed by atoms with Gasteiger partial charge in [0, 0.05) is 17.7 Å². The van der Waals surface area contributed by atoms with Gasteiger partial charge >= 0.3 is 0 Å². The zero-order valence-electron chi connectivity index (χ0n) is 18.6. The molecule has 162 valence electrons. The fraction of sp³-hybridized carbons (Fsp3) is 0.417. The van der Waals surface area contributed by atoms with Gasteiger partial charge in [-0.25, -0.2) is 4.98 Å². The summed E-state index contributed by atoms with van der Waals surface area (Å²) in [4.78, 5) is 36.5. The Bertz CT molecular complexity index is 1200. The highest BCUT2D eigenvalue weighted by Gasteiger charge is 2.42. The predicted molar refractivity (Wildman–Crippen MR) is 121 cm³/mol. The van der Waals surface area contributed by atoms with E-state index in [0.29, 0.717) is 35.3 Å². The number of benzene rings is 1. The topological polar surface area (TPSA) is 97.0 Å². The molecule has 2 aromatic heterocycles. The second kappa shape index (κ2) is 7.57. The summed E-state index contributed by atoms with van der Waals surface area (Å²) in [7, 11) is 0. The standard InChI is InChI=1S/C24H28N4O3/c1-14-26-20-9-15(6-7-19(20)22(30)27-14)16-8-18(13-25-12-16)28-21(29)17-10-23(2,3)31-24(4,5)11-17/h6-9,12-13,17H,10-11H2,1-5H3,(H,28,29)(H,26,27,30). The smallest absolute Gasteiger partial charge is 0.258 e. The highest BCUT2D eigenvalue weighted by molar-refractivity contribution is 5.93. The zero-order chi connectivity index (χ0) is 22.4. The fourth-order valence-electron chi connectivity index (χ4n) is 4.62. The number of nitrogens with zero attached hydrogens (tertiary/aromatic N) is 2. The molecule has 7 heteroatoms. The summed E-state index contributed by atoms with van der Waals surface area (Å²) in [6.45, 7) is 9.85. The normalized spacial score (nSPS) is 18.1. The summed E-state index contributed by atoms with van der Waals surface area (Å²) in [6.07, 6.45) is 4.71. The summed E-state index contributed by atoms with van der Waals surface area (Å²) >= 11 is 0. The molecule has 1 aromatic carbocycles. The van der Waals surface area contributed by atoms with Crippen LogP contribution in [0.1, 0.15) is 46.4 Å². The van der Waals surface area contributed by atoms with E-state index in [-0.39, 0.29) is 28.6 Å². The molecule has 2 N–H and O–H groups in total. The Morgan fingerprint density at radius 2 is 1.81 bits per heavy atom. The third-order valence-corrected chi connectivity index (χ3v) is 5.56. The Labute approximate surface area is 181 Å². The maximum Gasteiger partial charge on any atom is 0.258 e. The summed E-state index contributed by atoms with van der Waals surface area (Å²) < 4.78 is 6.10. The average molecular weight is 421 g/mol. The first-order chi connectivity index (χ1) is 14.5. The first-order valence-electron chi connectivity index (χ1n) is 10.5. The van der Waals surface area contributed by atoms with Crippen molar-refractivity contribution in [3.05, 3.63) is 52.8 Å². The molecule has 1 amide bonds. The van der Waals surface area contributed by atoms with Gasteiger partial charge in [0.25, 0.3) is 5.56 Å². The summed E-state index contributed by atoms with van der Waals surface area (Å²) in [5, 5.41) is 3.56. The van der Waals surface area contributed by atoms with Crippen molar-refractivity contribution in [1.82, 2.24) is 15.0 Å². The van der Waals surface area contributed by atoms with Gasteiger partial charge in [0.1, 0.15) is 5.82 Å². The minimum Gasteiger partial charge on any atom is -0.370 e. The summed E-state index contributed by atoms with van der Waals surface area (Å²) in [6, 6.07) is 7.37. The van der Waals surface area contributed by atoms with Gasteiger partial charge in [-0.05, 0) is 71.2 Å². The highest BCUT2D eigenvalue weighted by atomic mass is 16.5. The Kier molecular flexibility index (Phi) is 5.17. The number of nitrogens with one attached hydrogen (secondary N) is 2. The number of fused-ring (bicyclic) bond motifs is 1. The third kappa shape index (κ3) is 4.66. The number of hydrogen-bond donors (Lipinski definition) is 2. The van der Waals surface area contributed by atoms with Crippen LogP contribution in [0, 0.1) is 12.8 Å². The van der Waals surface area contributed by atoms with Crippen molar-refractivity contribution in [3.63, 3.8) is 0 Å². The van der Waals surface area contributed by atoms with E-state index in [1.165, 1.54) is 0 Å². The molecule has 1 fully saturated rings. The first-order valence-corrected chi connectivity index (χ1v) is 10.5. The van der Waals surface area contributed by atoms with E-state index in [2.05, 4.69) is 20.3 Å². The van der Waals surface area contributed by atoms with E-state index in [1.54, 1.807) is 25.4 Å². The van der Waals surface area contributed by atoms with Crippen LogP contribution in [0.4, 0.5) is 5.69 Å². The molecule has 0 unspecified atom stereocenters. The van der Waals surface area contributed by atoms with E-state index < -0.39 is 0 Å². The van der Waals surface area contributed by atoms with Crippen molar-refractivity contribution in [2.24, 2.45) is 5.92 Å². The number of ether oxygens (including phenoxy) is 1. The molecule has 0 saturated carbocycles. The predicted octanol–water partition coefficient (Wildman–Crippen LogP) is 4.22. The number of aromatic amines is 1. The van der Waals surface area contributed by atoms with Crippen LogP contribution in [0.5, 0.6) is 0 Å². The van der Waals surface area contributed by atoms with E-state index >= 15 is 0 Å². The highest BCUT2D eigenvalue weighted by Crippen LogP contribution is 2.39. The second-order valence-electron chi connectivity index (χ2n) is 9.56. The van der Waals surface area contributed by atoms with Crippen molar-refractivity contribution in [1.29, 1.82) is 0 Å². The van der Waals surface area contributed by atoms with E-state index in [9.17, 15) is 9.59 Å². The van der Waals surface area contributed by atoms with E-state index in [4.69, 9.17) is 4.74 Å². The molecule has 1 aliphatic heterocycles. The Balaban J connectivity index is 1.58. The number of hydrogen-bond acceptors (Lipinski definition) is 5. The molecule has 0 aliphatic carbocycles. The molecule has 0 bridgehead atoms. The van der Waals surface area contributed by atoms with Crippen LogP contribution in [-0.2, 0) is 9.53 Å². The molecule has 0 atom stereocenters. The largest absolute Gasteiger partial charge is 0.370 e.